The summed E-state index contributed by atoms with van der Waals surface area (Å²) >= 11 is 0. The maximum Gasteiger partial charge on any atom is 0.191 e. The van der Waals surface area contributed by atoms with Crippen molar-refractivity contribution in [2.75, 3.05) is 24.5 Å². The number of hydrogen-bond donors (Lipinski definition) is 3. The van der Waals surface area contributed by atoms with Crippen molar-refractivity contribution in [3.8, 4) is 0 Å². The van der Waals surface area contributed by atoms with E-state index in [4.69, 9.17) is 0 Å². The lowest BCUT2D eigenvalue weighted by Crippen LogP contribution is -2.37. The van der Waals surface area contributed by atoms with Crippen molar-refractivity contribution in [2.45, 2.75) is 39.0 Å². The van der Waals surface area contributed by atoms with E-state index in [0.717, 1.165) is 17.9 Å². The molecule has 1 aromatic carbocycles. The van der Waals surface area contributed by atoms with Crippen molar-refractivity contribution >= 4 is 35.6 Å². The van der Waals surface area contributed by atoms with Crippen LogP contribution in [0.1, 0.15) is 31.2 Å². The summed E-state index contributed by atoms with van der Waals surface area (Å²) in [5, 5.41) is 20.0. The fourth-order valence-electron chi connectivity index (χ4n) is 3.17. The number of piperidine rings is 1. The number of nitrogens with one attached hydrogen (secondary N) is 2. The number of aliphatic hydroxyl groups is 1. The second kappa shape index (κ2) is 11.3. The molecule has 1 aliphatic rings. The summed E-state index contributed by atoms with van der Waals surface area (Å²) in [6.07, 6.45) is 2.59. The first-order valence-corrected chi connectivity index (χ1v) is 9.63. The van der Waals surface area contributed by atoms with E-state index in [9.17, 15) is 9.50 Å². The molecule has 0 aliphatic carbocycles. The van der Waals surface area contributed by atoms with Gasteiger partial charge >= 0.3 is 0 Å². The Bertz CT molecular complexity index is 806. The minimum Gasteiger partial charge on any atom is -0.393 e. The lowest BCUT2D eigenvalue weighted by molar-refractivity contribution is 0.145. The van der Waals surface area contributed by atoms with Gasteiger partial charge in [-0.2, -0.15) is 5.10 Å². The summed E-state index contributed by atoms with van der Waals surface area (Å²) < 4.78 is 16.3. The van der Waals surface area contributed by atoms with Gasteiger partial charge in [-0.25, -0.2) is 14.4 Å². The van der Waals surface area contributed by atoms with E-state index >= 15 is 0 Å². The average Bonchev–Trinajstić information content (AvgIpc) is 3.10. The Kier molecular flexibility index (Phi) is 9.08. The van der Waals surface area contributed by atoms with Gasteiger partial charge in [0.2, 0.25) is 0 Å². The number of halogens is 2. The summed E-state index contributed by atoms with van der Waals surface area (Å²) in [4.78, 5) is 10.7. The number of aliphatic imine (C=N–C) groups is 1. The summed E-state index contributed by atoms with van der Waals surface area (Å²) in [5.41, 5.74) is 1.39. The molecular formula is C19H29FIN7O. The number of anilines is 1. The Balaban J connectivity index is 0.00000300. The van der Waals surface area contributed by atoms with Gasteiger partial charge in [0.25, 0.3) is 0 Å². The first-order valence-electron chi connectivity index (χ1n) is 9.63. The zero-order valence-corrected chi connectivity index (χ0v) is 19.1. The fraction of sp³-hybridized carbons (Fsp3) is 0.526. The molecule has 0 spiro atoms. The third-order valence-corrected chi connectivity index (χ3v) is 4.80. The maximum absolute atomic E-state index is 14.6. The molecule has 1 aromatic heterocycles. The number of hydrogen-bond acceptors (Lipinski definition) is 5. The van der Waals surface area contributed by atoms with Gasteiger partial charge in [-0.05, 0) is 37.5 Å². The van der Waals surface area contributed by atoms with Crippen LogP contribution < -0.4 is 15.5 Å². The van der Waals surface area contributed by atoms with E-state index in [-0.39, 0.29) is 35.9 Å². The Labute approximate surface area is 187 Å². The second-order valence-corrected chi connectivity index (χ2v) is 6.85. The van der Waals surface area contributed by atoms with Gasteiger partial charge in [0.1, 0.15) is 18.0 Å². The zero-order valence-electron chi connectivity index (χ0n) is 16.8. The molecule has 2 aromatic rings. The van der Waals surface area contributed by atoms with Crippen molar-refractivity contribution in [3.05, 3.63) is 41.7 Å². The van der Waals surface area contributed by atoms with Crippen LogP contribution in [-0.4, -0.2) is 51.6 Å². The van der Waals surface area contributed by atoms with Gasteiger partial charge in [0.15, 0.2) is 5.96 Å². The Morgan fingerprint density at radius 2 is 2.07 bits per heavy atom. The maximum atomic E-state index is 14.6. The lowest BCUT2D eigenvalue weighted by Gasteiger charge is -2.31. The Morgan fingerprint density at radius 3 is 2.69 bits per heavy atom. The highest BCUT2D eigenvalue weighted by Gasteiger charge is 2.19. The molecule has 8 nitrogen and oxygen atoms in total. The molecule has 0 radical (unpaired) electrons. The first kappa shape index (κ1) is 23.3. The molecule has 0 unspecified atom stereocenters. The van der Waals surface area contributed by atoms with Crippen molar-refractivity contribution in [3.63, 3.8) is 0 Å². The van der Waals surface area contributed by atoms with Gasteiger partial charge in [0, 0.05) is 26.7 Å². The molecule has 2 heterocycles. The molecule has 0 amide bonds. The number of aromatic nitrogens is 3. The van der Waals surface area contributed by atoms with Gasteiger partial charge in [-0.1, -0.05) is 6.07 Å². The molecule has 3 rings (SSSR count). The number of aliphatic hydroxyl groups excluding tert-OH is 1. The smallest absolute Gasteiger partial charge is 0.191 e. The number of rotatable bonds is 6. The van der Waals surface area contributed by atoms with Crippen molar-refractivity contribution in [1.82, 2.24) is 25.4 Å². The molecule has 0 atom stereocenters. The third kappa shape index (κ3) is 6.53. The van der Waals surface area contributed by atoms with Crippen LogP contribution in [0.5, 0.6) is 0 Å². The van der Waals surface area contributed by atoms with Gasteiger partial charge in [-0.3, -0.25) is 4.68 Å². The highest BCUT2D eigenvalue weighted by atomic mass is 127. The molecule has 1 aliphatic heterocycles. The highest BCUT2D eigenvalue weighted by Crippen LogP contribution is 2.24. The van der Waals surface area contributed by atoms with E-state index < -0.39 is 0 Å². The second-order valence-electron chi connectivity index (χ2n) is 6.85. The predicted octanol–water partition coefficient (Wildman–Crippen LogP) is 1.79. The summed E-state index contributed by atoms with van der Waals surface area (Å²) in [5.74, 6) is 1.19. The Hall–Kier alpha value is -1.95. The quantitative estimate of drug-likeness (QED) is 0.308. The molecule has 29 heavy (non-hydrogen) atoms. The fourth-order valence-corrected chi connectivity index (χ4v) is 3.17. The van der Waals surface area contributed by atoms with Crippen LogP contribution in [0.3, 0.4) is 0 Å². The minimum atomic E-state index is -0.272. The predicted molar refractivity (Wildman–Crippen MR) is 122 cm³/mol. The van der Waals surface area contributed by atoms with Gasteiger partial charge < -0.3 is 20.6 Å². The van der Waals surface area contributed by atoms with Crippen LogP contribution in [-0.2, 0) is 20.1 Å². The van der Waals surface area contributed by atoms with Gasteiger partial charge in [0.05, 0.1) is 24.9 Å². The van der Waals surface area contributed by atoms with E-state index in [1.165, 1.54) is 12.4 Å². The normalized spacial score (nSPS) is 15.2. The molecule has 1 fully saturated rings. The monoisotopic (exact) mass is 517 g/mol. The van der Waals surface area contributed by atoms with Crippen molar-refractivity contribution in [2.24, 2.45) is 12.0 Å². The lowest BCUT2D eigenvalue weighted by atomic mass is 10.1. The number of nitrogens with zero attached hydrogens (tertiary/aromatic N) is 5. The van der Waals surface area contributed by atoms with E-state index in [0.29, 0.717) is 50.7 Å². The molecule has 3 N–H and O–H groups in total. The summed E-state index contributed by atoms with van der Waals surface area (Å²) in [7, 11) is 1.83. The summed E-state index contributed by atoms with van der Waals surface area (Å²) in [6, 6.07) is 5.24. The van der Waals surface area contributed by atoms with Crippen molar-refractivity contribution < 1.29 is 9.50 Å². The highest BCUT2D eigenvalue weighted by molar-refractivity contribution is 14.0. The molecule has 160 valence electrons. The van der Waals surface area contributed by atoms with E-state index in [1.54, 1.807) is 10.7 Å². The largest absolute Gasteiger partial charge is 0.393 e. The van der Waals surface area contributed by atoms with Crippen LogP contribution in [0.25, 0.3) is 0 Å². The van der Waals surface area contributed by atoms with Crippen LogP contribution >= 0.6 is 24.0 Å². The number of benzene rings is 1. The minimum absolute atomic E-state index is 0. The zero-order chi connectivity index (χ0) is 19.9. The standard InChI is InChI=1S/C19H28FN7O.HI/c1-3-21-19(23-12-18-24-13-25-26(18)2)22-11-14-4-5-17(16(20)10-14)27-8-6-15(28)7-9-27;/h4-5,10,13,15,28H,3,6-9,11-12H2,1-2H3,(H2,21,22,23);1H. The average molecular weight is 517 g/mol. The SMILES string of the molecule is CCNC(=NCc1ccc(N2CCC(O)CC2)c(F)c1)NCc1ncnn1C.I. The molecule has 1 saturated heterocycles. The number of guanidine groups is 1. The molecule has 0 bridgehead atoms. The van der Waals surface area contributed by atoms with E-state index in [1.807, 2.05) is 24.9 Å². The van der Waals surface area contributed by atoms with Crippen LogP contribution in [0, 0.1) is 5.82 Å². The molecule has 0 saturated carbocycles. The van der Waals surface area contributed by atoms with Gasteiger partial charge in [-0.15, -0.1) is 24.0 Å². The Morgan fingerprint density at radius 1 is 1.31 bits per heavy atom. The van der Waals surface area contributed by atoms with E-state index in [2.05, 4.69) is 25.7 Å². The number of aryl methyl sites for hydroxylation is 1. The first-order chi connectivity index (χ1) is 13.6. The third-order valence-electron chi connectivity index (χ3n) is 4.80. The van der Waals surface area contributed by atoms with Crippen molar-refractivity contribution in [1.29, 1.82) is 0 Å². The summed E-state index contributed by atoms with van der Waals surface area (Å²) in [6.45, 7) is 4.92. The molecule has 10 heteroatoms. The molecular weight excluding hydrogens is 488 g/mol. The van der Waals surface area contributed by atoms with Crippen LogP contribution in [0.2, 0.25) is 0 Å². The topological polar surface area (TPSA) is 90.6 Å². The van der Waals surface area contributed by atoms with Crippen LogP contribution in [0.4, 0.5) is 10.1 Å². The van der Waals surface area contributed by atoms with Crippen LogP contribution in [0.15, 0.2) is 29.5 Å².